The summed E-state index contributed by atoms with van der Waals surface area (Å²) >= 11 is 0. The van der Waals surface area contributed by atoms with Crippen molar-refractivity contribution >= 4 is 11.7 Å². The Kier molecular flexibility index (Phi) is 5.58. The van der Waals surface area contributed by atoms with Crippen molar-refractivity contribution in [2.75, 3.05) is 26.2 Å². The van der Waals surface area contributed by atoms with E-state index in [0.29, 0.717) is 5.56 Å². The summed E-state index contributed by atoms with van der Waals surface area (Å²) in [5, 5.41) is 0. The first-order valence-corrected chi connectivity index (χ1v) is 10.4. The van der Waals surface area contributed by atoms with E-state index in [1.807, 2.05) is 53.4 Å². The van der Waals surface area contributed by atoms with Crippen molar-refractivity contribution in [1.29, 1.82) is 0 Å². The second-order valence-corrected chi connectivity index (χ2v) is 7.98. The fourth-order valence-corrected chi connectivity index (χ4v) is 4.14. The fraction of sp³-hybridized carbons (Fsp3) is 0.417. The molecule has 0 spiro atoms. The van der Waals surface area contributed by atoms with Crippen molar-refractivity contribution in [3.63, 3.8) is 0 Å². The molecule has 4 heteroatoms. The second-order valence-electron chi connectivity index (χ2n) is 7.98. The van der Waals surface area contributed by atoms with Crippen LogP contribution in [0.1, 0.15) is 53.3 Å². The van der Waals surface area contributed by atoms with Crippen LogP contribution in [0.2, 0.25) is 0 Å². The van der Waals surface area contributed by atoms with Gasteiger partial charge in [0, 0.05) is 43.3 Å². The van der Waals surface area contributed by atoms with Crippen LogP contribution in [0.25, 0.3) is 11.1 Å². The Morgan fingerprint density at radius 3 is 1.89 bits per heavy atom. The van der Waals surface area contributed by atoms with Crippen LogP contribution in [-0.4, -0.2) is 53.7 Å². The van der Waals surface area contributed by atoms with Gasteiger partial charge < -0.3 is 4.90 Å². The van der Waals surface area contributed by atoms with E-state index >= 15 is 0 Å². The van der Waals surface area contributed by atoms with Crippen molar-refractivity contribution in [3.8, 4) is 11.1 Å². The summed E-state index contributed by atoms with van der Waals surface area (Å²) in [7, 11) is 0. The predicted molar refractivity (Wildman–Crippen MR) is 112 cm³/mol. The SMILES string of the molecule is CC(=O)c1ccc(-c2ccc(C(=O)N3CCCN(C4CCC4)CC3)cc2)cc1. The quantitative estimate of drug-likeness (QED) is 0.749. The third-order valence-corrected chi connectivity index (χ3v) is 6.17. The van der Waals surface area contributed by atoms with Gasteiger partial charge in [0.1, 0.15) is 0 Å². The Morgan fingerprint density at radius 1 is 0.750 bits per heavy atom. The van der Waals surface area contributed by atoms with Crippen LogP contribution >= 0.6 is 0 Å². The van der Waals surface area contributed by atoms with Crippen molar-refractivity contribution in [2.24, 2.45) is 0 Å². The van der Waals surface area contributed by atoms with Gasteiger partial charge >= 0.3 is 0 Å². The molecule has 2 aromatic rings. The Hall–Kier alpha value is -2.46. The van der Waals surface area contributed by atoms with E-state index in [-0.39, 0.29) is 11.7 Å². The molecule has 0 bridgehead atoms. The summed E-state index contributed by atoms with van der Waals surface area (Å²) in [6.45, 7) is 5.35. The molecule has 0 atom stereocenters. The molecule has 0 unspecified atom stereocenters. The molecule has 2 aliphatic rings. The molecule has 0 N–H and O–H groups in total. The van der Waals surface area contributed by atoms with Gasteiger partial charge in [-0.2, -0.15) is 0 Å². The maximum Gasteiger partial charge on any atom is 0.253 e. The first-order valence-electron chi connectivity index (χ1n) is 10.4. The van der Waals surface area contributed by atoms with Crippen LogP contribution in [0.5, 0.6) is 0 Å². The number of hydrogen-bond donors (Lipinski definition) is 0. The van der Waals surface area contributed by atoms with Crippen LogP contribution in [0, 0.1) is 0 Å². The number of rotatable bonds is 4. The molecule has 1 saturated carbocycles. The highest BCUT2D eigenvalue weighted by atomic mass is 16.2. The lowest BCUT2D eigenvalue weighted by molar-refractivity contribution is 0.0749. The predicted octanol–water partition coefficient (Wildman–Crippen LogP) is 4.26. The zero-order chi connectivity index (χ0) is 19.5. The van der Waals surface area contributed by atoms with Gasteiger partial charge in [0.2, 0.25) is 0 Å². The second kappa shape index (κ2) is 8.27. The molecule has 1 amide bonds. The minimum Gasteiger partial charge on any atom is -0.337 e. The summed E-state index contributed by atoms with van der Waals surface area (Å²) in [5.74, 6) is 0.203. The minimum absolute atomic E-state index is 0.0702. The Morgan fingerprint density at radius 2 is 1.36 bits per heavy atom. The molecule has 1 aliphatic heterocycles. The lowest BCUT2D eigenvalue weighted by atomic mass is 9.91. The Balaban J connectivity index is 1.41. The maximum absolute atomic E-state index is 12.9. The number of hydrogen-bond acceptors (Lipinski definition) is 3. The highest BCUT2D eigenvalue weighted by molar-refractivity contribution is 5.95. The van der Waals surface area contributed by atoms with Gasteiger partial charge in [0.25, 0.3) is 5.91 Å². The van der Waals surface area contributed by atoms with Crippen LogP contribution in [0.3, 0.4) is 0 Å². The number of carbonyl (C=O) groups is 2. The van der Waals surface area contributed by atoms with Crippen LogP contribution < -0.4 is 0 Å². The summed E-state index contributed by atoms with van der Waals surface area (Å²) in [5.41, 5.74) is 3.57. The number of benzene rings is 2. The molecule has 1 aliphatic carbocycles. The minimum atomic E-state index is 0.0702. The van der Waals surface area contributed by atoms with E-state index in [1.165, 1.54) is 19.3 Å². The van der Waals surface area contributed by atoms with Gasteiger partial charge in [-0.15, -0.1) is 0 Å². The molecule has 4 nitrogen and oxygen atoms in total. The normalized spacial score (nSPS) is 18.4. The number of Topliss-reactive ketones (excluding diaryl/α,β-unsaturated/α-hetero) is 1. The summed E-state index contributed by atoms with van der Waals surface area (Å²) in [6.07, 6.45) is 5.06. The molecular weight excluding hydrogens is 348 g/mol. The molecule has 146 valence electrons. The fourth-order valence-electron chi connectivity index (χ4n) is 4.14. The lowest BCUT2D eigenvalue weighted by Crippen LogP contribution is -2.42. The molecule has 0 aromatic heterocycles. The molecule has 4 rings (SSSR count). The first-order chi connectivity index (χ1) is 13.6. The number of amides is 1. The highest BCUT2D eigenvalue weighted by Gasteiger charge is 2.27. The largest absolute Gasteiger partial charge is 0.337 e. The van der Waals surface area contributed by atoms with E-state index in [2.05, 4.69) is 4.90 Å². The summed E-state index contributed by atoms with van der Waals surface area (Å²) < 4.78 is 0. The molecule has 1 saturated heterocycles. The summed E-state index contributed by atoms with van der Waals surface area (Å²) in [4.78, 5) is 29.0. The van der Waals surface area contributed by atoms with E-state index in [0.717, 1.165) is 55.3 Å². The van der Waals surface area contributed by atoms with Crippen molar-refractivity contribution in [2.45, 2.75) is 38.6 Å². The third-order valence-electron chi connectivity index (χ3n) is 6.17. The zero-order valence-corrected chi connectivity index (χ0v) is 16.6. The standard InChI is InChI=1S/C24H28N2O2/c1-18(27)19-6-8-20(9-7-19)21-10-12-22(13-11-21)24(28)26-15-3-14-25(16-17-26)23-4-2-5-23/h6-13,23H,2-5,14-17H2,1H3. The van der Waals surface area contributed by atoms with Gasteiger partial charge in [0.15, 0.2) is 5.78 Å². The molecule has 1 heterocycles. The van der Waals surface area contributed by atoms with E-state index in [9.17, 15) is 9.59 Å². The van der Waals surface area contributed by atoms with Crippen molar-refractivity contribution < 1.29 is 9.59 Å². The molecule has 28 heavy (non-hydrogen) atoms. The van der Waals surface area contributed by atoms with E-state index < -0.39 is 0 Å². The van der Waals surface area contributed by atoms with Crippen LogP contribution in [-0.2, 0) is 0 Å². The van der Waals surface area contributed by atoms with Crippen LogP contribution in [0.4, 0.5) is 0 Å². The summed E-state index contributed by atoms with van der Waals surface area (Å²) in [6, 6.07) is 16.2. The Bertz CT molecular complexity index is 838. The third kappa shape index (κ3) is 4.02. The monoisotopic (exact) mass is 376 g/mol. The number of ketones is 1. The van der Waals surface area contributed by atoms with Gasteiger partial charge in [-0.25, -0.2) is 0 Å². The Labute approximate surface area is 167 Å². The van der Waals surface area contributed by atoms with E-state index in [1.54, 1.807) is 6.92 Å². The molecule has 2 fully saturated rings. The van der Waals surface area contributed by atoms with Gasteiger partial charge in [0.05, 0.1) is 0 Å². The highest BCUT2D eigenvalue weighted by Crippen LogP contribution is 2.26. The van der Waals surface area contributed by atoms with Gasteiger partial charge in [-0.1, -0.05) is 42.8 Å². The van der Waals surface area contributed by atoms with Crippen molar-refractivity contribution in [3.05, 3.63) is 59.7 Å². The number of carbonyl (C=O) groups excluding carboxylic acids is 2. The van der Waals surface area contributed by atoms with Gasteiger partial charge in [-0.05, 0) is 49.4 Å². The zero-order valence-electron chi connectivity index (χ0n) is 16.6. The van der Waals surface area contributed by atoms with Gasteiger partial charge in [-0.3, -0.25) is 14.5 Å². The van der Waals surface area contributed by atoms with E-state index in [4.69, 9.17) is 0 Å². The molecule has 2 aromatic carbocycles. The molecule has 0 radical (unpaired) electrons. The van der Waals surface area contributed by atoms with Crippen molar-refractivity contribution in [1.82, 2.24) is 9.80 Å². The number of nitrogens with zero attached hydrogens (tertiary/aromatic N) is 2. The average Bonchev–Trinajstić information content (AvgIpc) is 2.92. The maximum atomic E-state index is 12.9. The average molecular weight is 377 g/mol. The first kappa shape index (κ1) is 18.9. The topological polar surface area (TPSA) is 40.6 Å². The van der Waals surface area contributed by atoms with Crippen LogP contribution in [0.15, 0.2) is 48.5 Å². The lowest BCUT2D eigenvalue weighted by Gasteiger charge is -2.36. The molecular formula is C24H28N2O2. The smallest absolute Gasteiger partial charge is 0.253 e.